The number of nitrogens with zero attached hydrogens (tertiary/aromatic N) is 1. The second-order valence-electron chi connectivity index (χ2n) is 4.23. The van der Waals surface area contributed by atoms with E-state index in [1.165, 1.54) is 5.39 Å². The molecule has 0 unspecified atom stereocenters. The van der Waals surface area contributed by atoms with Gasteiger partial charge in [0.2, 0.25) is 0 Å². The maximum absolute atomic E-state index is 10.0. The van der Waals surface area contributed by atoms with Crippen molar-refractivity contribution in [2.75, 3.05) is 0 Å². The minimum atomic E-state index is -0.786. The Morgan fingerprint density at radius 3 is 2.57 bits per heavy atom. The molecule has 2 rings (SSSR count). The number of hydrogen-bond donors (Lipinski definition) is 1. The van der Waals surface area contributed by atoms with Crippen LogP contribution in [0.15, 0.2) is 30.5 Å². The molecular weight excluding hydrogens is 174 g/mol. The van der Waals surface area contributed by atoms with Crippen LogP contribution in [0.1, 0.15) is 19.4 Å². The zero-order valence-electron chi connectivity index (χ0n) is 8.78. The van der Waals surface area contributed by atoms with Gasteiger partial charge in [-0.25, -0.2) is 0 Å². The van der Waals surface area contributed by atoms with E-state index >= 15 is 0 Å². The lowest BCUT2D eigenvalue weighted by atomic mass is 9.96. The van der Waals surface area contributed by atoms with Crippen LogP contribution in [0.25, 0.3) is 10.9 Å². The van der Waals surface area contributed by atoms with Crippen molar-refractivity contribution in [2.24, 2.45) is 7.05 Å². The highest BCUT2D eigenvalue weighted by atomic mass is 16.3. The number of fused-ring (bicyclic) bond motifs is 1. The fourth-order valence-corrected chi connectivity index (χ4v) is 1.85. The first-order chi connectivity index (χ1) is 6.50. The van der Waals surface area contributed by atoms with Crippen molar-refractivity contribution >= 4 is 10.9 Å². The summed E-state index contributed by atoms with van der Waals surface area (Å²) in [7, 11) is 2.00. The Bertz CT molecular complexity index is 463. The Morgan fingerprint density at radius 2 is 1.93 bits per heavy atom. The molecule has 0 fully saturated rings. The molecule has 2 aromatic rings. The summed E-state index contributed by atoms with van der Waals surface area (Å²) in [5.41, 5.74) is 1.30. The first-order valence-corrected chi connectivity index (χ1v) is 4.77. The highest BCUT2D eigenvalue weighted by molar-refractivity contribution is 5.84. The standard InChI is InChI=1S/C12H15NO/c1-12(2,14)10-6-4-5-9-7-8-13(3)11(9)10/h4-8,14H,1-3H3. The van der Waals surface area contributed by atoms with Crippen LogP contribution in [-0.2, 0) is 12.6 Å². The van der Waals surface area contributed by atoms with Gasteiger partial charge in [-0.2, -0.15) is 0 Å². The average Bonchev–Trinajstić information content (AvgIpc) is 2.46. The molecule has 2 heteroatoms. The van der Waals surface area contributed by atoms with Crippen molar-refractivity contribution in [3.63, 3.8) is 0 Å². The van der Waals surface area contributed by atoms with Gasteiger partial charge in [-0.1, -0.05) is 18.2 Å². The van der Waals surface area contributed by atoms with Gasteiger partial charge in [0.25, 0.3) is 0 Å². The predicted molar refractivity (Wildman–Crippen MR) is 58.2 cm³/mol. The summed E-state index contributed by atoms with van der Waals surface area (Å²) in [5.74, 6) is 0. The molecule has 0 amide bonds. The van der Waals surface area contributed by atoms with Crippen LogP contribution >= 0.6 is 0 Å². The summed E-state index contributed by atoms with van der Waals surface area (Å²) < 4.78 is 2.04. The number of aryl methyl sites for hydroxylation is 1. The smallest absolute Gasteiger partial charge is 0.0860 e. The molecule has 0 saturated carbocycles. The number of hydrogen-bond acceptors (Lipinski definition) is 1. The van der Waals surface area contributed by atoms with Crippen molar-refractivity contribution in [1.29, 1.82) is 0 Å². The molecule has 1 heterocycles. The summed E-state index contributed by atoms with van der Waals surface area (Å²) in [5, 5.41) is 11.2. The minimum absolute atomic E-state index is 0.786. The third kappa shape index (κ3) is 1.32. The first kappa shape index (κ1) is 9.28. The monoisotopic (exact) mass is 189 g/mol. The van der Waals surface area contributed by atoms with Crippen molar-refractivity contribution in [1.82, 2.24) is 4.57 Å². The Kier molecular flexibility index (Phi) is 1.89. The lowest BCUT2D eigenvalue weighted by molar-refractivity contribution is 0.0798. The van der Waals surface area contributed by atoms with Crippen LogP contribution in [0.5, 0.6) is 0 Å². The predicted octanol–water partition coefficient (Wildman–Crippen LogP) is 2.41. The maximum Gasteiger partial charge on any atom is 0.0860 e. The van der Waals surface area contributed by atoms with Gasteiger partial charge < -0.3 is 9.67 Å². The Morgan fingerprint density at radius 1 is 1.21 bits per heavy atom. The summed E-state index contributed by atoms with van der Waals surface area (Å²) in [6.45, 7) is 3.63. The van der Waals surface area contributed by atoms with Gasteiger partial charge in [-0.05, 0) is 25.3 Å². The van der Waals surface area contributed by atoms with Crippen LogP contribution in [0.3, 0.4) is 0 Å². The largest absolute Gasteiger partial charge is 0.386 e. The topological polar surface area (TPSA) is 25.2 Å². The van der Waals surface area contributed by atoms with E-state index in [0.29, 0.717) is 0 Å². The van der Waals surface area contributed by atoms with Crippen molar-refractivity contribution in [3.8, 4) is 0 Å². The highest BCUT2D eigenvalue weighted by Gasteiger charge is 2.19. The highest BCUT2D eigenvalue weighted by Crippen LogP contribution is 2.28. The number of aliphatic hydroxyl groups is 1. The van der Waals surface area contributed by atoms with E-state index < -0.39 is 5.60 Å². The van der Waals surface area contributed by atoms with Crippen LogP contribution in [-0.4, -0.2) is 9.67 Å². The Hall–Kier alpha value is -1.28. The van der Waals surface area contributed by atoms with Gasteiger partial charge in [-0.3, -0.25) is 0 Å². The van der Waals surface area contributed by atoms with Crippen LogP contribution in [0.4, 0.5) is 0 Å². The molecule has 2 nitrogen and oxygen atoms in total. The van der Waals surface area contributed by atoms with Crippen LogP contribution in [0, 0.1) is 0 Å². The molecule has 0 spiro atoms. The molecular formula is C12H15NO. The normalized spacial score (nSPS) is 12.3. The zero-order chi connectivity index (χ0) is 10.3. The number of rotatable bonds is 1. The van der Waals surface area contributed by atoms with E-state index in [9.17, 15) is 5.11 Å². The SMILES string of the molecule is Cn1ccc2cccc(C(C)(C)O)c21. The summed E-state index contributed by atoms with van der Waals surface area (Å²) in [6, 6.07) is 8.08. The number of benzene rings is 1. The van der Waals surface area contributed by atoms with Gasteiger partial charge in [-0.15, -0.1) is 0 Å². The number of aromatic nitrogens is 1. The molecule has 0 aliphatic heterocycles. The van der Waals surface area contributed by atoms with E-state index in [1.54, 1.807) is 0 Å². The van der Waals surface area contributed by atoms with Gasteiger partial charge in [0.05, 0.1) is 11.1 Å². The summed E-state index contributed by atoms with van der Waals surface area (Å²) >= 11 is 0. The second kappa shape index (κ2) is 2.85. The third-order valence-corrected chi connectivity index (χ3v) is 2.56. The Balaban J connectivity index is 2.82. The molecule has 0 saturated heterocycles. The lowest BCUT2D eigenvalue weighted by Gasteiger charge is -2.19. The van der Waals surface area contributed by atoms with E-state index in [2.05, 4.69) is 12.1 Å². The molecule has 0 radical (unpaired) electrons. The van der Waals surface area contributed by atoms with Gasteiger partial charge >= 0.3 is 0 Å². The molecule has 0 atom stereocenters. The van der Waals surface area contributed by atoms with Gasteiger partial charge in [0.15, 0.2) is 0 Å². The van der Waals surface area contributed by atoms with Crippen molar-refractivity contribution in [2.45, 2.75) is 19.4 Å². The van der Waals surface area contributed by atoms with E-state index in [1.807, 2.05) is 43.8 Å². The minimum Gasteiger partial charge on any atom is -0.386 e. The second-order valence-corrected chi connectivity index (χ2v) is 4.23. The molecule has 0 bridgehead atoms. The van der Waals surface area contributed by atoms with Crippen molar-refractivity contribution < 1.29 is 5.11 Å². The van der Waals surface area contributed by atoms with Gasteiger partial charge in [0, 0.05) is 18.8 Å². The Labute approximate surface area is 83.8 Å². The van der Waals surface area contributed by atoms with E-state index in [4.69, 9.17) is 0 Å². The summed E-state index contributed by atoms with van der Waals surface area (Å²) in [4.78, 5) is 0. The maximum atomic E-state index is 10.0. The fraction of sp³-hybridized carbons (Fsp3) is 0.333. The third-order valence-electron chi connectivity index (χ3n) is 2.56. The van der Waals surface area contributed by atoms with Crippen molar-refractivity contribution in [3.05, 3.63) is 36.0 Å². The van der Waals surface area contributed by atoms with Gasteiger partial charge in [0.1, 0.15) is 0 Å². The first-order valence-electron chi connectivity index (χ1n) is 4.77. The molecule has 1 N–H and O–H groups in total. The lowest BCUT2D eigenvalue weighted by Crippen LogP contribution is -2.16. The molecule has 0 aliphatic rings. The molecule has 74 valence electrons. The average molecular weight is 189 g/mol. The summed E-state index contributed by atoms with van der Waals surface area (Å²) in [6.07, 6.45) is 2.01. The van der Waals surface area contributed by atoms with Crippen LogP contribution in [0.2, 0.25) is 0 Å². The molecule has 0 aliphatic carbocycles. The van der Waals surface area contributed by atoms with Crippen LogP contribution < -0.4 is 0 Å². The fourth-order valence-electron chi connectivity index (χ4n) is 1.85. The van der Waals surface area contributed by atoms with E-state index in [0.717, 1.165) is 11.1 Å². The number of para-hydroxylation sites is 1. The molecule has 14 heavy (non-hydrogen) atoms. The molecule has 1 aromatic carbocycles. The quantitative estimate of drug-likeness (QED) is 0.732. The van der Waals surface area contributed by atoms with E-state index in [-0.39, 0.29) is 0 Å². The molecule has 1 aromatic heterocycles. The zero-order valence-corrected chi connectivity index (χ0v) is 8.78.